The molecule has 5 nitrogen and oxygen atoms in total. The molecule has 1 aromatic carbocycles. The van der Waals surface area contributed by atoms with Crippen molar-refractivity contribution in [2.75, 3.05) is 18.4 Å². The van der Waals surface area contributed by atoms with Crippen LogP contribution in [0.25, 0.3) is 0 Å². The van der Waals surface area contributed by atoms with Crippen molar-refractivity contribution in [2.24, 2.45) is 0 Å². The Balaban J connectivity index is 2.60. The van der Waals surface area contributed by atoms with Gasteiger partial charge in [-0.3, -0.25) is 14.5 Å². The molecule has 1 amide bonds. The summed E-state index contributed by atoms with van der Waals surface area (Å²) in [6.45, 7) is 4.90. The monoisotopic (exact) mass is 278 g/mol. The van der Waals surface area contributed by atoms with E-state index in [4.69, 9.17) is 5.11 Å². The van der Waals surface area contributed by atoms with E-state index in [9.17, 15) is 9.59 Å². The molecule has 0 aliphatic carbocycles. The van der Waals surface area contributed by atoms with Crippen molar-refractivity contribution in [1.29, 1.82) is 0 Å². The van der Waals surface area contributed by atoms with E-state index < -0.39 is 5.97 Å². The summed E-state index contributed by atoms with van der Waals surface area (Å²) in [5.41, 5.74) is 0.749. The number of amides is 1. The van der Waals surface area contributed by atoms with Crippen LogP contribution in [-0.4, -0.2) is 41.0 Å². The first-order valence-electron chi connectivity index (χ1n) is 6.86. The van der Waals surface area contributed by atoms with E-state index in [0.29, 0.717) is 13.1 Å². The molecule has 0 saturated heterocycles. The number of rotatable bonds is 8. The molecule has 0 radical (unpaired) electrons. The minimum absolute atomic E-state index is 0.0446. The molecular formula is C15H22N2O3. The number of nitrogens with zero attached hydrogens (tertiary/aromatic N) is 1. The third-order valence-electron chi connectivity index (χ3n) is 3.09. The van der Waals surface area contributed by atoms with Crippen LogP contribution in [0.3, 0.4) is 0 Å². The van der Waals surface area contributed by atoms with Gasteiger partial charge in [-0.1, -0.05) is 25.1 Å². The molecule has 0 spiro atoms. The van der Waals surface area contributed by atoms with Crippen LogP contribution in [0.5, 0.6) is 0 Å². The highest BCUT2D eigenvalue weighted by Gasteiger charge is 2.21. The van der Waals surface area contributed by atoms with Gasteiger partial charge in [-0.05, 0) is 32.0 Å². The number of anilines is 1. The molecule has 1 aromatic rings. The lowest BCUT2D eigenvalue weighted by atomic mass is 10.2. The number of carboxylic acids is 1. The summed E-state index contributed by atoms with van der Waals surface area (Å²) in [6, 6.07) is 8.89. The van der Waals surface area contributed by atoms with Crippen molar-refractivity contribution in [3.8, 4) is 0 Å². The molecule has 0 aliphatic rings. The highest BCUT2D eigenvalue weighted by atomic mass is 16.4. The predicted octanol–water partition coefficient (Wildman–Crippen LogP) is 2.20. The largest absolute Gasteiger partial charge is 0.481 e. The molecule has 1 atom stereocenters. The van der Waals surface area contributed by atoms with Gasteiger partial charge >= 0.3 is 5.97 Å². The fraction of sp³-hybridized carbons (Fsp3) is 0.467. The Morgan fingerprint density at radius 3 is 2.45 bits per heavy atom. The zero-order valence-corrected chi connectivity index (χ0v) is 12.0. The number of aliphatic carboxylic acids is 1. The topological polar surface area (TPSA) is 69.6 Å². The van der Waals surface area contributed by atoms with Crippen LogP contribution in [0.15, 0.2) is 30.3 Å². The lowest BCUT2D eigenvalue weighted by Crippen LogP contribution is -2.43. The SMILES string of the molecule is CCCN(CCC(=O)O)C(C)C(=O)Nc1ccccc1. The number of hydrogen-bond donors (Lipinski definition) is 2. The number of carbonyl (C=O) groups excluding carboxylic acids is 1. The van der Waals surface area contributed by atoms with E-state index in [2.05, 4.69) is 5.32 Å². The van der Waals surface area contributed by atoms with Crippen molar-refractivity contribution in [3.63, 3.8) is 0 Å². The van der Waals surface area contributed by atoms with E-state index in [0.717, 1.165) is 12.1 Å². The summed E-state index contributed by atoms with van der Waals surface area (Å²) in [7, 11) is 0. The van der Waals surface area contributed by atoms with Gasteiger partial charge in [0.2, 0.25) is 5.91 Å². The summed E-state index contributed by atoms with van der Waals surface area (Å²) in [5.74, 6) is -0.961. The van der Waals surface area contributed by atoms with E-state index in [1.54, 1.807) is 6.92 Å². The third kappa shape index (κ3) is 5.40. The van der Waals surface area contributed by atoms with Gasteiger partial charge in [-0.15, -0.1) is 0 Å². The van der Waals surface area contributed by atoms with Crippen molar-refractivity contribution in [2.45, 2.75) is 32.7 Å². The maximum absolute atomic E-state index is 12.2. The number of carbonyl (C=O) groups is 2. The molecule has 1 unspecified atom stereocenters. The van der Waals surface area contributed by atoms with Gasteiger partial charge in [0.1, 0.15) is 0 Å². The van der Waals surface area contributed by atoms with Crippen molar-refractivity contribution in [1.82, 2.24) is 4.90 Å². The van der Waals surface area contributed by atoms with Crippen LogP contribution in [0.2, 0.25) is 0 Å². The molecule has 110 valence electrons. The molecule has 0 bridgehead atoms. The molecule has 1 rings (SSSR count). The Hall–Kier alpha value is -1.88. The number of benzene rings is 1. The van der Waals surface area contributed by atoms with Crippen LogP contribution in [0.4, 0.5) is 5.69 Å². The van der Waals surface area contributed by atoms with Crippen LogP contribution in [0, 0.1) is 0 Å². The second-order valence-corrected chi connectivity index (χ2v) is 4.71. The zero-order chi connectivity index (χ0) is 15.0. The third-order valence-corrected chi connectivity index (χ3v) is 3.09. The summed E-state index contributed by atoms with van der Waals surface area (Å²) in [6.07, 6.45) is 0.922. The molecule has 0 aliphatic heterocycles. The Bertz CT molecular complexity index is 434. The molecule has 20 heavy (non-hydrogen) atoms. The molecule has 0 fully saturated rings. The highest BCUT2D eigenvalue weighted by Crippen LogP contribution is 2.09. The number of para-hydroxylation sites is 1. The first-order chi connectivity index (χ1) is 9.54. The van der Waals surface area contributed by atoms with E-state index in [1.165, 1.54) is 0 Å². The number of carboxylic acid groups (broad SMARTS) is 1. The van der Waals surface area contributed by atoms with Crippen LogP contribution in [-0.2, 0) is 9.59 Å². The Labute approximate surface area is 119 Å². The average Bonchev–Trinajstić information content (AvgIpc) is 2.43. The van der Waals surface area contributed by atoms with E-state index in [-0.39, 0.29) is 18.4 Å². The van der Waals surface area contributed by atoms with Gasteiger partial charge in [0.25, 0.3) is 0 Å². The van der Waals surface area contributed by atoms with E-state index >= 15 is 0 Å². The first-order valence-corrected chi connectivity index (χ1v) is 6.86. The molecule has 2 N–H and O–H groups in total. The Kier molecular flexibility index (Phi) is 6.73. The average molecular weight is 278 g/mol. The van der Waals surface area contributed by atoms with Gasteiger partial charge in [0.05, 0.1) is 12.5 Å². The highest BCUT2D eigenvalue weighted by molar-refractivity contribution is 5.94. The quantitative estimate of drug-likeness (QED) is 0.765. The fourth-order valence-electron chi connectivity index (χ4n) is 1.96. The standard InChI is InChI=1S/C15H22N2O3/c1-3-10-17(11-9-14(18)19)12(2)15(20)16-13-7-5-4-6-8-13/h4-8,12H,3,9-11H2,1-2H3,(H,16,20)(H,18,19). The summed E-state index contributed by atoms with van der Waals surface area (Å²) < 4.78 is 0. The van der Waals surface area contributed by atoms with Crippen molar-refractivity contribution < 1.29 is 14.7 Å². The van der Waals surface area contributed by atoms with Gasteiger partial charge < -0.3 is 10.4 Å². The molecular weight excluding hydrogens is 256 g/mol. The molecule has 0 saturated carbocycles. The first kappa shape index (κ1) is 16.2. The molecule has 0 heterocycles. The number of hydrogen-bond acceptors (Lipinski definition) is 3. The second kappa shape index (κ2) is 8.32. The lowest BCUT2D eigenvalue weighted by Gasteiger charge is -2.27. The maximum atomic E-state index is 12.2. The summed E-state index contributed by atoms with van der Waals surface area (Å²) >= 11 is 0. The fourth-order valence-corrected chi connectivity index (χ4v) is 1.96. The zero-order valence-electron chi connectivity index (χ0n) is 12.0. The normalized spacial score (nSPS) is 12.2. The number of nitrogens with one attached hydrogen (secondary N) is 1. The summed E-state index contributed by atoms with van der Waals surface area (Å²) in [4.78, 5) is 24.7. The van der Waals surface area contributed by atoms with Crippen molar-refractivity contribution >= 4 is 17.6 Å². The van der Waals surface area contributed by atoms with Gasteiger partial charge in [-0.2, -0.15) is 0 Å². The smallest absolute Gasteiger partial charge is 0.304 e. The minimum atomic E-state index is -0.846. The van der Waals surface area contributed by atoms with Gasteiger partial charge in [-0.25, -0.2) is 0 Å². The molecule has 5 heteroatoms. The van der Waals surface area contributed by atoms with E-state index in [1.807, 2.05) is 42.2 Å². The Morgan fingerprint density at radius 2 is 1.90 bits per heavy atom. The maximum Gasteiger partial charge on any atom is 0.304 e. The minimum Gasteiger partial charge on any atom is -0.481 e. The molecule has 0 aromatic heterocycles. The van der Waals surface area contributed by atoms with Crippen LogP contribution in [0.1, 0.15) is 26.7 Å². The summed E-state index contributed by atoms with van der Waals surface area (Å²) in [5, 5.41) is 11.6. The van der Waals surface area contributed by atoms with Crippen molar-refractivity contribution in [3.05, 3.63) is 30.3 Å². The predicted molar refractivity (Wildman–Crippen MR) is 78.7 cm³/mol. The van der Waals surface area contributed by atoms with Crippen LogP contribution < -0.4 is 5.32 Å². The van der Waals surface area contributed by atoms with Gasteiger partial charge in [0.15, 0.2) is 0 Å². The lowest BCUT2D eigenvalue weighted by molar-refractivity contribution is -0.138. The van der Waals surface area contributed by atoms with Crippen LogP contribution >= 0.6 is 0 Å². The Morgan fingerprint density at radius 1 is 1.25 bits per heavy atom. The van der Waals surface area contributed by atoms with Gasteiger partial charge in [0, 0.05) is 12.2 Å². The second-order valence-electron chi connectivity index (χ2n) is 4.71.